The summed E-state index contributed by atoms with van der Waals surface area (Å²) in [6.07, 6.45) is 0.521. The predicted octanol–water partition coefficient (Wildman–Crippen LogP) is 2.90. The van der Waals surface area contributed by atoms with Crippen molar-refractivity contribution in [3.8, 4) is 5.75 Å². The average Bonchev–Trinajstić information content (AvgIpc) is 3.12. The fraction of sp³-hybridized carbons (Fsp3) is 0.550. The van der Waals surface area contributed by atoms with Gasteiger partial charge in [0.05, 0.1) is 11.4 Å². The Morgan fingerprint density at radius 3 is 2.90 bits per heavy atom. The van der Waals surface area contributed by atoms with Crippen molar-refractivity contribution in [2.75, 3.05) is 29.9 Å². The third kappa shape index (κ3) is 4.05. The lowest BCUT2D eigenvalue weighted by atomic mass is 10.1. The Kier molecular flexibility index (Phi) is 5.29. The highest BCUT2D eigenvalue weighted by Gasteiger charge is 2.36. The molecule has 10 heteroatoms. The number of hydrogen-bond acceptors (Lipinski definition) is 7. The van der Waals surface area contributed by atoms with E-state index in [-0.39, 0.29) is 24.1 Å². The Labute approximate surface area is 183 Å². The number of hydrazone groups is 1. The second-order valence-corrected chi connectivity index (χ2v) is 9.55. The van der Waals surface area contributed by atoms with E-state index in [1.54, 1.807) is 4.90 Å². The molecule has 0 aromatic heterocycles. The number of anilines is 2. The Morgan fingerprint density at radius 1 is 1.40 bits per heavy atom. The fourth-order valence-corrected chi connectivity index (χ4v) is 4.18. The number of carbonyl (C=O) groups excluding carboxylic acids is 2. The fourth-order valence-electron chi connectivity index (χ4n) is 3.75. The molecule has 9 nitrogen and oxygen atoms in total. The summed E-state index contributed by atoms with van der Waals surface area (Å²) in [5.74, 6) is 1.20. The molecule has 0 spiro atoms. The lowest BCUT2D eigenvalue weighted by Crippen LogP contribution is -2.55. The number of likely N-dealkylation sites (tertiary alicyclic amines) is 1. The molecule has 0 unspecified atom stereocenters. The van der Waals surface area contributed by atoms with Crippen LogP contribution in [-0.2, 0) is 9.53 Å². The van der Waals surface area contributed by atoms with Crippen LogP contribution in [0.5, 0.6) is 5.75 Å². The number of nitrogens with one attached hydrogen (secondary N) is 2. The van der Waals surface area contributed by atoms with Crippen molar-refractivity contribution >= 4 is 45.1 Å². The largest absolute Gasteiger partial charge is 0.483 e. The molecule has 3 heterocycles. The first kappa shape index (κ1) is 20.8. The van der Waals surface area contributed by atoms with Crippen molar-refractivity contribution in [2.24, 2.45) is 5.10 Å². The van der Waals surface area contributed by atoms with Crippen molar-refractivity contribution in [2.45, 2.75) is 51.8 Å². The minimum atomic E-state index is -0.513. The zero-order chi connectivity index (χ0) is 21.6. The van der Waals surface area contributed by atoms with Gasteiger partial charge >= 0.3 is 6.09 Å². The number of rotatable bonds is 2. The van der Waals surface area contributed by atoms with Gasteiger partial charge in [0.15, 0.2) is 5.84 Å². The number of nitrogens with zero attached hydrogens (tertiary/aromatic N) is 3. The lowest BCUT2D eigenvalue weighted by molar-refractivity contribution is -0.122. The van der Waals surface area contributed by atoms with Crippen LogP contribution in [0.2, 0.25) is 0 Å². The van der Waals surface area contributed by atoms with Crippen LogP contribution in [0.1, 0.15) is 34.1 Å². The molecule has 0 bridgehead atoms. The summed E-state index contributed by atoms with van der Waals surface area (Å²) < 4.78 is 12.2. The van der Waals surface area contributed by atoms with E-state index in [1.807, 2.05) is 44.7 Å². The van der Waals surface area contributed by atoms with Crippen LogP contribution >= 0.6 is 15.9 Å². The zero-order valence-corrected chi connectivity index (χ0v) is 19.1. The maximum absolute atomic E-state index is 12.3. The van der Waals surface area contributed by atoms with Crippen LogP contribution in [0.25, 0.3) is 0 Å². The minimum Gasteiger partial charge on any atom is -0.483 e. The molecule has 2 atom stereocenters. The van der Waals surface area contributed by atoms with Crippen LogP contribution in [0.4, 0.5) is 16.2 Å². The molecule has 3 aliphatic rings. The molecule has 1 aromatic rings. The molecular formula is C20H26BrN5O4. The lowest BCUT2D eigenvalue weighted by Gasteiger charge is -2.38. The third-order valence-electron chi connectivity index (χ3n) is 5.20. The van der Waals surface area contributed by atoms with Crippen LogP contribution in [-0.4, -0.2) is 60.1 Å². The number of ether oxygens (including phenoxy) is 2. The van der Waals surface area contributed by atoms with Gasteiger partial charge < -0.3 is 24.6 Å². The summed E-state index contributed by atoms with van der Waals surface area (Å²) in [5.41, 5.74) is 3.67. The summed E-state index contributed by atoms with van der Waals surface area (Å²) in [5, 5.41) is 7.63. The van der Waals surface area contributed by atoms with E-state index in [9.17, 15) is 9.59 Å². The van der Waals surface area contributed by atoms with E-state index < -0.39 is 5.60 Å². The molecular weight excluding hydrogens is 454 g/mol. The Hall–Kier alpha value is -2.49. The number of hydrogen-bond donors (Lipinski definition) is 2. The van der Waals surface area contributed by atoms with Crippen molar-refractivity contribution in [3.63, 3.8) is 0 Å². The second-order valence-electron chi connectivity index (χ2n) is 8.69. The predicted molar refractivity (Wildman–Crippen MR) is 117 cm³/mol. The first-order chi connectivity index (χ1) is 14.1. The maximum Gasteiger partial charge on any atom is 0.410 e. The number of amidine groups is 1. The Balaban J connectivity index is 1.51. The van der Waals surface area contributed by atoms with Crippen LogP contribution in [0.15, 0.2) is 21.7 Å². The second kappa shape index (κ2) is 7.64. The van der Waals surface area contributed by atoms with Crippen molar-refractivity contribution in [1.82, 2.24) is 10.3 Å². The van der Waals surface area contributed by atoms with Gasteiger partial charge in [-0.25, -0.2) is 10.2 Å². The molecule has 1 saturated heterocycles. The van der Waals surface area contributed by atoms with Crippen molar-refractivity contribution in [3.05, 3.63) is 16.6 Å². The highest BCUT2D eigenvalue weighted by molar-refractivity contribution is 9.10. The third-order valence-corrected chi connectivity index (χ3v) is 5.86. The summed E-state index contributed by atoms with van der Waals surface area (Å²) in [7, 11) is 0. The number of benzene rings is 1. The molecule has 0 saturated carbocycles. The minimum absolute atomic E-state index is 0.0894. The molecule has 4 rings (SSSR count). The van der Waals surface area contributed by atoms with Crippen LogP contribution < -0.4 is 20.4 Å². The molecule has 1 aromatic carbocycles. The first-order valence-corrected chi connectivity index (χ1v) is 10.8. The number of halogens is 1. The molecule has 0 radical (unpaired) electrons. The monoisotopic (exact) mass is 479 g/mol. The molecule has 3 aliphatic heterocycles. The zero-order valence-electron chi connectivity index (χ0n) is 17.5. The smallest absolute Gasteiger partial charge is 0.410 e. The van der Waals surface area contributed by atoms with E-state index in [4.69, 9.17) is 9.47 Å². The van der Waals surface area contributed by atoms with Crippen molar-refractivity contribution < 1.29 is 19.1 Å². The van der Waals surface area contributed by atoms with Gasteiger partial charge in [-0.05, 0) is 62.2 Å². The van der Waals surface area contributed by atoms with Crippen molar-refractivity contribution in [1.29, 1.82) is 0 Å². The SMILES string of the molecule is C[C@@H]1C(=O)NN=C2COc3cc(Br)c(N[C@@H]4CCN(C(=O)OC(C)(C)C)C4)cc3N21. The highest BCUT2D eigenvalue weighted by Crippen LogP contribution is 2.41. The summed E-state index contributed by atoms with van der Waals surface area (Å²) in [6, 6.07) is 3.56. The first-order valence-electron chi connectivity index (χ1n) is 9.99. The van der Waals surface area contributed by atoms with Gasteiger partial charge in [0.2, 0.25) is 0 Å². The Bertz CT molecular complexity index is 913. The van der Waals surface area contributed by atoms with E-state index in [1.165, 1.54) is 0 Å². The van der Waals surface area contributed by atoms with Gasteiger partial charge in [-0.1, -0.05) is 0 Å². The molecule has 2 N–H and O–H groups in total. The molecule has 1 fully saturated rings. The van der Waals surface area contributed by atoms with E-state index >= 15 is 0 Å². The quantitative estimate of drug-likeness (QED) is 0.676. The van der Waals surface area contributed by atoms with Gasteiger partial charge in [-0.2, -0.15) is 5.10 Å². The summed E-state index contributed by atoms with van der Waals surface area (Å²) in [4.78, 5) is 28.1. The summed E-state index contributed by atoms with van der Waals surface area (Å²) in [6.45, 7) is 8.92. The van der Waals surface area contributed by atoms with Gasteiger partial charge in [0.25, 0.3) is 5.91 Å². The van der Waals surface area contributed by atoms with E-state index in [0.29, 0.717) is 31.3 Å². The van der Waals surface area contributed by atoms with Gasteiger partial charge in [0.1, 0.15) is 24.0 Å². The molecule has 30 heavy (non-hydrogen) atoms. The van der Waals surface area contributed by atoms with Crippen LogP contribution in [0, 0.1) is 0 Å². The highest BCUT2D eigenvalue weighted by atomic mass is 79.9. The standard InChI is InChI=1S/C20H26BrN5O4/c1-11-18(27)24-23-17-10-29-16-7-13(21)14(8-15(16)26(11)17)22-12-5-6-25(9-12)19(28)30-20(2,3)4/h7-8,11-12,22H,5-6,9-10H2,1-4H3,(H,24,27)/t11-,12-/m1/s1. The van der Waals surface area contributed by atoms with Gasteiger partial charge in [0, 0.05) is 23.6 Å². The topological polar surface area (TPSA) is 95.5 Å². The summed E-state index contributed by atoms with van der Waals surface area (Å²) >= 11 is 3.61. The molecule has 0 aliphatic carbocycles. The molecule has 162 valence electrons. The van der Waals surface area contributed by atoms with E-state index in [0.717, 1.165) is 22.3 Å². The molecule has 2 amide bonds. The number of fused-ring (bicyclic) bond motifs is 3. The van der Waals surface area contributed by atoms with E-state index in [2.05, 4.69) is 31.8 Å². The van der Waals surface area contributed by atoms with Gasteiger partial charge in [-0.15, -0.1) is 0 Å². The van der Waals surface area contributed by atoms with Crippen LogP contribution in [0.3, 0.4) is 0 Å². The normalized spacial score (nSPS) is 23.1. The average molecular weight is 480 g/mol. The Morgan fingerprint density at radius 2 is 2.17 bits per heavy atom. The maximum atomic E-state index is 12.3. The number of carbonyl (C=O) groups is 2. The number of amides is 2. The van der Waals surface area contributed by atoms with Gasteiger partial charge in [-0.3, -0.25) is 4.79 Å².